The van der Waals surface area contributed by atoms with Crippen molar-refractivity contribution in [3.05, 3.63) is 70.8 Å². The number of rotatable bonds is 5. The zero-order valence-corrected chi connectivity index (χ0v) is 16.7. The van der Waals surface area contributed by atoms with Gasteiger partial charge in [-0.1, -0.05) is 36.4 Å². The molecule has 0 unspecified atom stereocenters. The third-order valence-corrected chi connectivity index (χ3v) is 7.48. The molecule has 4 saturated carbocycles. The van der Waals surface area contributed by atoms with Crippen molar-refractivity contribution in [1.82, 2.24) is 0 Å². The van der Waals surface area contributed by atoms with Gasteiger partial charge < -0.3 is 10.2 Å². The first-order chi connectivity index (χ1) is 14.0. The lowest BCUT2D eigenvalue weighted by Crippen LogP contribution is -2.48. The first-order valence-electron chi connectivity index (χ1n) is 10.8. The van der Waals surface area contributed by atoms with E-state index in [-0.39, 0.29) is 5.41 Å². The molecule has 6 rings (SSSR count). The number of phenolic OH excluding ortho intramolecular Hbond substituents is 1. The zero-order valence-electron chi connectivity index (χ0n) is 16.7. The lowest BCUT2D eigenvalue weighted by Gasteiger charge is -2.57. The van der Waals surface area contributed by atoms with Crippen LogP contribution >= 0.6 is 0 Å². The minimum absolute atomic E-state index is 0.195. The van der Waals surface area contributed by atoms with Crippen LogP contribution in [0.4, 0.5) is 0 Å². The van der Waals surface area contributed by atoms with E-state index in [4.69, 9.17) is 5.11 Å². The van der Waals surface area contributed by atoms with E-state index >= 15 is 0 Å². The Kier molecular flexibility index (Phi) is 4.49. The Morgan fingerprint density at radius 1 is 0.931 bits per heavy atom. The normalized spacial score (nSPS) is 30.1. The van der Waals surface area contributed by atoms with Crippen molar-refractivity contribution >= 4 is 12.0 Å². The Morgan fingerprint density at radius 3 is 2.10 bits per heavy atom. The molecule has 0 amide bonds. The molecule has 0 spiro atoms. The van der Waals surface area contributed by atoms with E-state index in [1.54, 1.807) is 6.08 Å². The molecule has 29 heavy (non-hydrogen) atoms. The molecule has 0 atom stereocenters. The summed E-state index contributed by atoms with van der Waals surface area (Å²) in [6.07, 6.45) is 11.6. The standard InChI is InChI=1S/C26H28O3/c27-24-7-5-19(9-18-3-1-17(2-4-18)6-8-25(28)29)13-23(24)26-14-20-10-21(15-26)12-22(11-20)16-26/h1-8,13,20-22,27H,9-12,14-16H2,(H,28,29)/b8-6+. The molecule has 4 fully saturated rings. The van der Waals surface area contributed by atoms with Gasteiger partial charge in [0, 0.05) is 11.6 Å². The third kappa shape index (κ3) is 3.59. The number of carboxylic acid groups (broad SMARTS) is 1. The molecule has 3 heteroatoms. The summed E-state index contributed by atoms with van der Waals surface area (Å²) in [4.78, 5) is 10.7. The summed E-state index contributed by atoms with van der Waals surface area (Å²) in [6.45, 7) is 0. The summed E-state index contributed by atoms with van der Waals surface area (Å²) in [5.74, 6) is 2.11. The predicted octanol–water partition coefficient (Wildman–Crippen LogP) is 5.55. The van der Waals surface area contributed by atoms with Gasteiger partial charge in [0.25, 0.3) is 0 Å². The third-order valence-electron chi connectivity index (χ3n) is 7.48. The van der Waals surface area contributed by atoms with Gasteiger partial charge in [-0.05, 0) is 96.9 Å². The molecular formula is C26H28O3. The predicted molar refractivity (Wildman–Crippen MR) is 114 cm³/mol. The van der Waals surface area contributed by atoms with Crippen molar-refractivity contribution in [2.24, 2.45) is 17.8 Å². The Labute approximate surface area is 172 Å². The Bertz CT molecular complexity index is 919. The highest BCUT2D eigenvalue weighted by Gasteiger charge is 2.52. The van der Waals surface area contributed by atoms with Crippen LogP contribution in [0.2, 0.25) is 0 Å². The first kappa shape index (κ1) is 18.5. The molecular weight excluding hydrogens is 360 g/mol. The largest absolute Gasteiger partial charge is 0.508 e. The molecule has 0 saturated heterocycles. The van der Waals surface area contributed by atoms with Crippen molar-refractivity contribution in [2.45, 2.75) is 50.4 Å². The summed E-state index contributed by atoms with van der Waals surface area (Å²) in [7, 11) is 0. The van der Waals surface area contributed by atoms with Crippen LogP contribution in [0, 0.1) is 17.8 Å². The number of aromatic hydroxyl groups is 1. The molecule has 2 aromatic rings. The van der Waals surface area contributed by atoms with Crippen LogP contribution in [0.1, 0.15) is 60.8 Å². The number of hydrogen-bond acceptors (Lipinski definition) is 2. The number of phenols is 1. The fourth-order valence-corrected chi connectivity index (χ4v) is 6.71. The minimum Gasteiger partial charge on any atom is -0.508 e. The average Bonchev–Trinajstić information content (AvgIpc) is 2.68. The van der Waals surface area contributed by atoms with Crippen LogP contribution in [0.25, 0.3) is 6.08 Å². The second-order valence-electron chi connectivity index (χ2n) is 9.64. The summed E-state index contributed by atoms with van der Waals surface area (Å²) < 4.78 is 0. The second-order valence-corrected chi connectivity index (χ2v) is 9.64. The second kappa shape index (κ2) is 7.05. The molecule has 0 radical (unpaired) electrons. The van der Waals surface area contributed by atoms with E-state index in [0.717, 1.165) is 35.8 Å². The van der Waals surface area contributed by atoms with E-state index in [9.17, 15) is 9.90 Å². The van der Waals surface area contributed by atoms with Gasteiger partial charge in [-0.2, -0.15) is 0 Å². The first-order valence-corrected chi connectivity index (χ1v) is 10.8. The van der Waals surface area contributed by atoms with Gasteiger partial charge in [-0.25, -0.2) is 4.79 Å². The molecule has 2 N–H and O–H groups in total. The molecule has 4 bridgehead atoms. The van der Waals surface area contributed by atoms with Crippen LogP contribution in [-0.4, -0.2) is 16.2 Å². The minimum atomic E-state index is -0.935. The molecule has 150 valence electrons. The van der Waals surface area contributed by atoms with Crippen molar-refractivity contribution in [1.29, 1.82) is 0 Å². The maximum atomic E-state index is 10.7. The summed E-state index contributed by atoms with van der Waals surface area (Å²) in [5.41, 5.74) is 4.70. The lowest BCUT2D eigenvalue weighted by molar-refractivity contribution is -0.131. The summed E-state index contributed by atoms with van der Waals surface area (Å²) in [5, 5.41) is 19.5. The van der Waals surface area contributed by atoms with Crippen molar-refractivity contribution in [2.75, 3.05) is 0 Å². The molecule has 4 aliphatic carbocycles. The van der Waals surface area contributed by atoms with Crippen LogP contribution < -0.4 is 0 Å². The molecule has 3 nitrogen and oxygen atoms in total. The Balaban J connectivity index is 1.38. The van der Waals surface area contributed by atoms with Gasteiger partial charge >= 0.3 is 5.97 Å². The molecule has 0 heterocycles. The SMILES string of the molecule is O=C(O)/C=C/c1ccc(Cc2ccc(O)c(C34CC5CC(CC(C5)C3)C4)c2)cc1. The van der Waals surface area contributed by atoms with Crippen molar-refractivity contribution in [3.63, 3.8) is 0 Å². The van der Waals surface area contributed by atoms with Gasteiger partial charge in [0.2, 0.25) is 0 Å². The van der Waals surface area contributed by atoms with E-state index in [1.165, 1.54) is 55.2 Å². The van der Waals surface area contributed by atoms with Crippen LogP contribution in [0.5, 0.6) is 5.75 Å². The van der Waals surface area contributed by atoms with Crippen LogP contribution in [0.3, 0.4) is 0 Å². The highest BCUT2D eigenvalue weighted by Crippen LogP contribution is 2.61. The van der Waals surface area contributed by atoms with Gasteiger partial charge in [0.05, 0.1) is 0 Å². The highest BCUT2D eigenvalue weighted by atomic mass is 16.4. The number of aliphatic carboxylic acids is 1. The fraction of sp³-hybridized carbons (Fsp3) is 0.423. The quantitative estimate of drug-likeness (QED) is 0.660. The number of carbonyl (C=O) groups is 1. The van der Waals surface area contributed by atoms with E-state index < -0.39 is 5.97 Å². The van der Waals surface area contributed by atoms with E-state index in [1.807, 2.05) is 24.3 Å². The number of hydrogen-bond donors (Lipinski definition) is 2. The zero-order chi connectivity index (χ0) is 20.0. The van der Waals surface area contributed by atoms with Gasteiger partial charge in [-0.15, -0.1) is 0 Å². The van der Waals surface area contributed by atoms with Gasteiger partial charge in [0.15, 0.2) is 0 Å². The smallest absolute Gasteiger partial charge is 0.328 e. The Morgan fingerprint density at radius 2 is 1.52 bits per heavy atom. The van der Waals surface area contributed by atoms with Crippen molar-refractivity contribution in [3.8, 4) is 5.75 Å². The van der Waals surface area contributed by atoms with Gasteiger partial charge in [-0.3, -0.25) is 0 Å². The highest BCUT2D eigenvalue weighted by molar-refractivity contribution is 5.85. The molecule has 0 aliphatic heterocycles. The fourth-order valence-electron chi connectivity index (χ4n) is 6.71. The topological polar surface area (TPSA) is 57.5 Å². The molecule has 0 aromatic heterocycles. The Hall–Kier alpha value is -2.55. The molecule has 4 aliphatic rings. The summed E-state index contributed by atoms with van der Waals surface area (Å²) >= 11 is 0. The lowest BCUT2D eigenvalue weighted by atomic mass is 9.48. The number of carboxylic acids is 1. The number of benzene rings is 2. The van der Waals surface area contributed by atoms with Gasteiger partial charge in [0.1, 0.15) is 5.75 Å². The maximum Gasteiger partial charge on any atom is 0.328 e. The van der Waals surface area contributed by atoms with E-state index in [2.05, 4.69) is 18.2 Å². The van der Waals surface area contributed by atoms with Crippen molar-refractivity contribution < 1.29 is 15.0 Å². The van der Waals surface area contributed by atoms with Crippen LogP contribution in [-0.2, 0) is 16.6 Å². The van der Waals surface area contributed by atoms with E-state index in [0.29, 0.717) is 5.75 Å². The maximum absolute atomic E-state index is 10.7. The van der Waals surface area contributed by atoms with Crippen LogP contribution in [0.15, 0.2) is 48.5 Å². The summed E-state index contributed by atoms with van der Waals surface area (Å²) in [6, 6.07) is 14.2. The molecule has 2 aromatic carbocycles. The average molecular weight is 389 g/mol. The monoisotopic (exact) mass is 388 g/mol.